The summed E-state index contributed by atoms with van der Waals surface area (Å²) in [7, 11) is -3.57. The van der Waals surface area contributed by atoms with Crippen molar-refractivity contribution in [2.45, 2.75) is 31.0 Å². The lowest BCUT2D eigenvalue weighted by Crippen LogP contribution is -2.48. The highest BCUT2D eigenvalue weighted by molar-refractivity contribution is 7.89. The van der Waals surface area contributed by atoms with E-state index in [1.165, 1.54) is 4.31 Å². The fraction of sp³-hybridized carbons (Fsp3) is 0.286. The van der Waals surface area contributed by atoms with Crippen LogP contribution >= 0.6 is 11.3 Å². The molecule has 0 radical (unpaired) electrons. The molecule has 28 heavy (non-hydrogen) atoms. The first-order valence-electron chi connectivity index (χ1n) is 9.20. The van der Waals surface area contributed by atoms with Crippen molar-refractivity contribution >= 4 is 21.4 Å². The van der Waals surface area contributed by atoms with Crippen LogP contribution in [0.2, 0.25) is 0 Å². The summed E-state index contributed by atoms with van der Waals surface area (Å²) in [5.41, 5.74) is 2.64. The summed E-state index contributed by atoms with van der Waals surface area (Å²) < 4.78 is 33.5. The summed E-state index contributed by atoms with van der Waals surface area (Å²) in [4.78, 5) is 4.99. The zero-order valence-electron chi connectivity index (χ0n) is 15.8. The van der Waals surface area contributed by atoms with Crippen LogP contribution in [0.4, 0.5) is 0 Å². The van der Waals surface area contributed by atoms with Crippen molar-refractivity contribution < 1.29 is 13.2 Å². The van der Waals surface area contributed by atoms with Gasteiger partial charge >= 0.3 is 0 Å². The summed E-state index contributed by atoms with van der Waals surface area (Å²) >= 11 is 1.55. The molecule has 7 heteroatoms. The number of hydrogen-bond donors (Lipinski definition) is 0. The van der Waals surface area contributed by atoms with E-state index in [4.69, 9.17) is 9.72 Å². The van der Waals surface area contributed by atoms with Crippen LogP contribution in [0.1, 0.15) is 13.8 Å². The highest BCUT2D eigenvalue weighted by Gasteiger charge is 2.32. The Morgan fingerprint density at radius 1 is 1.00 bits per heavy atom. The highest BCUT2D eigenvalue weighted by Crippen LogP contribution is 2.30. The van der Waals surface area contributed by atoms with Crippen LogP contribution in [0.5, 0.6) is 0 Å². The van der Waals surface area contributed by atoms with Gasteiger partial charge in [0.2, 0.25) is 10.0 Å². The van der Waals surface area contributed by atoms with Gasteiger partial charge in [0.15, 0.2) is 0 Å². The Bertz CT molecular complexity index is 1050. The number of thiazole rings is 1. The molecule has 2 aromatic carbocycles. The van der Waals surface area contributed by atoms with Gasteiger partial charge < -0.3 is 4.74 Å². The maximum Gasteiger partial charge on any atom is 0.243 e. The van der Waals surface area contributed by atoms with Crippen LogP contribution in [-0.2, 0) is 14.8 Å². The van der Waals surface area contributed by atoms with Gasteiger partial charge in [-0.1, -0.05) is 42.5 Å². The third-order valence-electron chi connectivity index (χ3n) is 4.68. The van der Waals surface area contributed by atoms with Gasteiger partial charge in [-0.3, -0.25) is 0 Å². The van der Waals surface area contributed by atoms with E-state index in [1.54, 1.807) is 29.5 Å². The number of hydrogen-bond acceptors (Lipinski definition) is 5. The topological polar surface area (TPSA) is 59.5 Å². The van der Waals surface area contributed by atoms with Gasteiger partial charge in [-0.15, -0.1) is 11.3 Å². The van der Waals surface area contributed by atoms with E-state index >= 15 is 0 Å². The smallest absolute Gasteiger partial charge is 0.243 e. The molecule has 0 aliphatic carbocycles. The molecule has 0 N–H and O–H groups in total. The second-order valence-corrected chi connectivity index (χ2v) is 9.81. The summed E-state index contributed by atoms with van der Waals surface area (Å²) in [6.07, 6.45) is -0.234. The van der Waals surface area contributed by atoms with Crippen LogP contribution < -0.4 is 0 Å². The van der Waals surface area contributed by atoms with Gasteiger partial charge in [-0.2, -0.15) is 4.31 Å². The zero-order valence-corrected chi connectivity index (χ0v) is 17.4. The van der Waals surface area contributed by atoms with E-state index in [2.05, 4.69) is 0 Å². The molecule has 146 valence electrons. The molecule has 3 aromatic rings. The minimum atomic E-state index is -3.57. The van der Waals surface area contributed by atoms with Gasteiger partial charge in [0.1, 0.15) is 5.01 Å². The number of ether oxygens (including phenoxy) is 1. The quantitative estimate of drug-likeness (QED) is 0.640. The second kappa shape index (κ2) is 7.75. The first-order chi connectivity index (χ1) is 13.4. The van der Waals surface area contributed by atoms with Crippen molar-refractivity contribution in [2.75, 3.05) is 13.1 Å². The van der Waals surface area contributed by atoms with Crippen molar-refractivity contribution in [3.63, 3.8) is 0 Å². The van der Waals surface area contributed by atoms with E-state index < -0.39 is 10.0 Å². The Morgan fingerprint density at radius 3 is 2.39 bits per heavy atom. The number of nitrogens with zero attached hydrogens (tertiary/aromatic N) is 2. The fourth-order valence-electron chi connectivity index (χ4n) is 3.41. The SMILES string of the molecule is C[C@@H]1CN(S(=O)(=O)c2cccc(-c3csc(-c4ccccc4)n3)c2)C[C@H](C)O1. The molecule has 2 heterocycles. The standard InChI is InChI=1S/C21H22N2O3S2/c1-15-12-23(13-16(2)26-15)28(24,25)19-10-6-9-18(11-19)20-14-27-21(22-20)17-7-4-3-5-8-17/h3-11,14-16H,12-13H2,1-2H3/t15-,16+. The maximum absolute atomic E-state index is 13.1. The van der Waals surface area contributed by atoms with E-state index in [0.717, 1.165) is 21.8 Å². The predicted molar refractivity (Wildman–Crippen MR) is 112 cm³/mol. The molecule has 0 unspecified atom stereocenters. The van der Waals surface area contributed by atoms with Crippen LogP contribution in [-0.4, -0.2) is 43.0 Å². The molecule has 5 nitrogen and oxygen atoms in total. The minimum absolute atomic E-state index is 0.117. The molecule has 0 spiro atoms. The molecule has 1 aromatic heterocycles. The number of sulfonamides is 1. The Kier molecular flexibility index (Phi) is 5.33. The number of morpholine rings is 1. The predicted octanol–water partition coefficient (Wildman–Crippen LogP) is 4.28. The third kappa shape index (κ3) is 3.89. The van der Waals surface area contributed by atoms with E-state index in [1.807, 2.05) is 55.6 Å². The molecule has 1 aliphatic rings. The monoisotopic (exact) mass is 414 g/mol. The average Bonchev–Trinajstić information content (AvgIpc) is 3.18. The van der Waals surface area contributed by atoms with E-state index in [-0.39, 0.29) is 12.2 Å². The van der Waals surface area contributed by atoms with E-state index in [9.17, 15) is 8.42 Å². The number of benzene rings is 2. The van der Waals surface area contributed by atoms with Crippen LogP contribution in [0.25, 0.3) is 21.8 Å². The molecule has 1 saturated heterocycles. The molecular weight excluding hydrogens is 392 g/mol. The van der Waals surface area contributed by atoms with Gasteiger partial charge in [-0.25, -0.2) is 13.4 Å². The fourth-order valence-corrected chi connectivity index (χ4v) is 5.88. The first kappa shape index (κ1) is 19.3. The Balaban J connectivity index is 1.64. The first-order valence-corrected chi connectivity index (χ1v) is 11.5. The van der Waals surface area contributed by atoms with Crippen molar-refractivity contribution in [2.24, 2.45) is 0 Å². The van der Waals surface area contributed by atoms with Crippen LogP contribution in [0, 0.1) is 0 Å². The molecular formula is C21H22N2O3S2. The third-order valence-corrected chi connectivity index (χ3v) is 7.40. The molecule has 4 rings (SSSR count). The summed E-state index contributed by atoms with van der Waals surface area (Å²) in [6, 6.07) is 17.0. The van der Waals surface area contributed by atoms with Gasteiger partial charge in [-0.05, 0) is 26.0 Å². The second-order valence-electron chi connectivity index (χ2n) is 7.01. The van der Waals surface area contributed by atoms with Crippen molar-refractivity contribution in [1.82, 2.24) is 9.29 Å². The normalized spacial score (nSPS) is 20.9. The van der Waals surface area contributed by atoms with Gasteiger partial charge in [0.05, 0.1) is 22.8 Å². The van der Waals surface area contributed by atoms with Crippen molar-refractivity contribution in [1.29, 1.82) is 0 Å². The molecule has 1 fully saturated rings. The summed E-state index contributed by atoms with van der Waals surface area (Å²) in [5.74, 6) is 0. The zero-order chi connectivity index (χ0) is 19.7. The number of rotatable bonds is 4. The number of aromatic nitrogens is 1. The summed E-state index contributed by atoms with van der Waals surface area (Å²) in [5, 5.41) is 2.88. The lowest BCUT2D eigenvalue weighted by atomic mass is 10.2. The maximum atomic E-state index is 13.1. The highest BCUT2D eigenvalue weighted by atomic mass is 32.2. The van der Waals surface area contributed by atoms with Gasteiger partial charge in [0, 0.05) is 29.6 Å². The van der Waals surface area contributed by atoms with Crippen molar-refractivity contribution in [3.8, 4) is 21.8 Å². The molecule has 0 amide bonds. The van der Waals surface area contributed by atoms with Gasteiger partial charge in [0.25, 0.3) is 0 Å². The lowest BCUT2D eigenvalue weighted by molar-refractivity contribution is -0.0440. The molecule has 1 aliphatic heterocycles. The molecule has 0 bridgehead atoms. The Hall–Kier alpha value is -2.06. The van der Waals surface area contributed by atoms with Crippen LogP contribution in [0.15, 0.2) is 64.9 Å². The lowest BCUT2D eigenvalue weighted by Gasteiger charge is -2.34. The largest absolute Gasteiger partial charge is 0.373 e. The van der Waals surface area contributed by atoms with E-state index in [0.29, 0.717) is 18.0 Å². The molecule has 2 atom stereocenters. The van der Waals surface area contributed by atoms with Crippen molar-refractivity contribution in [3.05, 3.63) is 60.0 Å². The van der Waals surface area contributed by atoms with Crippen LogP contribution in [0.3, 0.4) is 0 Å². The minimum Gasteiger partial charge on any atom is -0.373 e. The average molecular weight is 415 g/mol. The molecule has 0 saturated carbocycles. The summed E-state index contributed by atoms with van der Waals surface area (Å²) in [6.45, 7) is 4.53. The Labute approximate surface area is 169 Å². The Morgan fingerprint density at radius 2 is 1.68 bits per heavy atom.